The van der Waals surface area contributed by atoms with Crippen molar-refractivity contribution in [2.75, 3.05) is 12.4 Å². The van der Waals surface area contributed by atoms with Crippen LogP contribution in [0.4, 0.5) is 5.69 Å². The number of hydrogen-bond donors (Lipinski definition) is 1. The van der Waals surface area contributed by atoms with Crippen molar-refractivity contribution < 1.29 is 4.74 Å². The maximum Gasteiger partial charge on any atom is 0.123 e. The number of nitrogens with one attached hydrogen (secondary N) is 1. The van der Waals surface area contributed by atoms with E-state index in [1.165, 1.54) is 0 Å². The van der Waals surface area contributed by atoms with Gasteiger partial charge in [-0.3, -0.25) is 0 Å². The third-order valence-corrected chi connectivity index (χ3v) is 3.81. The summed E-state index contributed by atoms with van der Waals surface area (Å²) >= 11 is 0. The largest absolute Gasteiger partial charge is 0.496 e. The fraction of sp³-hybridized carbons (Fsp3) is 0.278. The number of ether oxygens (including phenoxy) is 1. The highest BCUT2D eigenvalue weighted by atomic mass is 16.5. The number of hydrogen-bond acceptors (Lipinski definition) is 3. The van der Waals surface area contributed by atoms with Gasteiger partial charge in [-0.1, -0.05) is 18.2 Å². The molecule has 3 rings (SSSR count). The monoisotopic (exact) mass is 295 g/mol. The predicted octanol–water partition coefficient (Wildman–Crippen LogP) is 4.24. The van der Waals surface area contributed by atoms with Gasteiger partial charge in [-0.05, 0) is 38.1 Å². The van der Waals surface area contributed by atoms with Gasteiger partial charge in [0.15, 0.2) is 0 Å². The van der Waals surface area contributed by atoms with Crippen molar-refractivity contribution in [2.24, 2.45) is 0 Å². The lowest BCUT2D eigenvalue weighted by molar-refractivity contribution is 0.410. The second-order valence-corrected chi connectivity index (χ2v) is 5.61. The van der Waals surface area contributed by atoms with Crippen molar-refractivity contribution in [3.63, 3.8) is 0 Å². The van der Waals surface area contributed by atoms with Crippen LogP contribution in [0, 0.1) is 0 Å². The molecule has 0 bridgehead atoms. The number of imidazole rings is 1. The number of benzene rings is 2. The molecule has 2 aromatic carbocycles. The number of para-hydroxylation sites is 1. The minimum atomic E-state index is 0.414. The highest BCUT2D eigenvalue weighted by Gasteiger charge is 2.07. The van der Waals surface area contributed by atoms with Crippen LogP contribution in [0.2, 0.25) is 0 Å². The lowest BCUT2D eigenvalue weighted by Gasteiger charge is -2.11. The summed E-state index contributed by atoms with van der Waals surface area (Å²) < 4.78 is 7.56. The van der Waals surface area contributed by atoms with Gasteiger partial charge in [-0.25, -0.2) is 4.98 Å². The summed E-state index contributed by atoms with van der Waals surface area (Å²) in [6.45, 7) is 5.05. The first-order valence-corrected chi connectivity index (χ1v) is 7.51. The first kappa shape index (κ1) is 14.4. The van der Waals surface area contributed by atoms with Gasteiger partial charge in [0.05, 0.1) is 24.5 Å². The van der Waals surface area contributed by atoms with Gasteiger partial charge < -0.3 is 14.6 Å². The number of fused-ring (bicyclic) bond motifs is 1. The zero-order valence-electron chi connectivity index (χ0n) is 13.2. The predicted molar refractivity (Wildman–Crippen MR) is 90.4 cm³/mol. The molecule has 3 aromatic rings. The topological polar surface area (TPSA) is 39.1 Å². The number of anilines is 1. The fourth-order valence-electron chi connectivity index (χ4n) is 2.60. The van der Waals surface area contributed by atoms with Crippen molar-refractivity contribution in [2.45, 2.75) is 26.4 Å². The highest BCUT2D eigenvalue weighted by molar-refractivity contribution is 5.79. The molecule has 0 aliphatic rings. The van der Waals surface area contributed by atoms with Gasteiger partial charge in [-0.15, -0.1) is 0 Å². The molecular weight excluding hydrogens is 274 g/mol. The Morgan fingerprint density at radius 2 is 2.00 bits per heavy atom. The molecule has 114 valence electrons. The smallest absolute Gasteiger partial charge is 0.123 e. The minimum Gasteiger partial charge on any atom is -0.496 e. The van der Waals surface area contributed by atoms with Gasteiger partial charge in [0.2, 0.25) is 0 Å². The van der Waals surface area contributed by atoms with Crippen molar-refractivity contribution in [1.29, 1.82) is 0 Å². The summed E-state index contributed by atoms with van der Waals surface area (Å²) in [4.78, 5) is 4.49. The zero-order chi connectivity index (χ0) is 15.5. The van der Waals surface area contributed by atoms with E-state index in [4.69, 9.17) is 4.74 Å². The number of nitrogens with zero attached hydrogens (tertiary/aromatic N) is 2. The van der Waals surface area contributed by atoms with E-state index in [1.807, 2.05) is 24.5 Å². The second kappa shape index (κ2) is 6.10. The SMILES string of the molecule is COc1ccccc1CNc1ccc2c(c1)ncn2C(C)C. The average molecular weight is 295 g/mol. The lowest BCUT2D eigenvalue weighted by Crippen LogP contribution is -2.02. The van der Waals surface area contributed by atoms with Crippen molar-refractivity contribution >= 4 is 16.7 Å². The van der Waals surface area contributed by atoms with Gasteiger partial charge in [0.25, 0.3) is 0 Å². The Balaban J connectivity index is 1.80. The molecule has 0 aliphatic carbocycles. The summed E-state index contributed by atoms with van der Waals surface area (Å²) in [5.74, 6) is 0.903. The van der Waals surface area contributed by atoms with Gasteiger partial charge in [-0.2, -0.15) is 0 Å². The van der Waals surface area contributed by atoms with Gasteiger partial charge in [0.1, 0.15) is 5.75 Å². The lowest BCUT2D eigenvalue weighted by atomic mass is 10.2. The van der Waals surface area contributed by atoms with Crippen LogP contribution in [0.15, 0.2) is 48.8 Å². The third kappa shape index (κ3) is 2.77. The summed E-state index contributed by atoms with van der Waals surface area (Å²) in [5.41, 5.74) is 4.38. The quantitative estimate of drug-likeness (QED) is 0.765. The van der Waals surface area contributed by atoms with E-state index >= 15 is 0 Å². The van der Waals surface area contributed by atoms with Crippen molar-refractivity contribution in [1.82, 2.24) is 9.55 Å². The van der Waals surface area contributed by atoms with E-state index in [2.05, 4.69) is 53.0 Å². The van der Waals surface area contributed by atoms with Crippen LogP contribution in [0.25, 0.3) is 11.0 Å². The maximum atomic E-state index is 5.38. The number of aromatic nitrogens is 2. The summed E-state index contributed by atoms with van der Waals surface area (Å²) in [6.07, 6.45) is 1.90. The second-order valence-electron chi connectivity index (χ2n) is 5.61. The van der Waals surface area contributed by atoms with Crippen LogP contribution in [0.3, 0.4) is 0 Å². The normalized spacial score (nSPS) is 11.1. The van der Waals surface area contributed by atoms with E-state index in [0.29, 0.717) is 6.04 Å². The summed E-state index contributed by atoms with van der Waals surface area (Å²) in [6, 6.07) is 14.8. The number of rotatable bonds is 5. The van der Waals surface area contributed by atoms with Crippen molar-refractivity contribution in [3.05, 3.63) is 54.4 Å². The molecular formula is C18H21N3O. The molecule has 4 heteroatoms. The Morgan fingerprint density at radius 1 is 1.18 bits per heavy atom. The van der Waals surface area contributed by atoms with Crippen LogP contribution < -0.4 is 10.1 Å². The molecule has 0 saturated heterocycles. The van der Waals surface area contributed by atoms with E-state index in [9.17, 15) is 0 Å². The van der Waals surface area contributed by atoms with Gasteiger partial charge in [0, 0.05) is 23.8 Å². The Labute approximate surface area is 130 Å². The van der Waals surface area contributed by atoms with Crippen LogP contribution in [-0.2, 0) is 6.54 Å². The van der Waals surface area contributed by atoms with E-state index in [-0.39, 0.29) is 0 Å². The molecule has 0 fully saturated rings. The molecule has 0 unspecified atom stereocenters. The molecule has 0 spiro atoms. The van der Waals surface area contributed by atoms with E-state index < -0.39 is 0 Å². The molecule has 0 radical (unpaired) electrons. The van der Waals surface area contributed by atoms with Crippen molar-refractivity contribution in [3.8, 4) is 5.75 Å². The van der Waals surface area contributed by atoms with E-state index in [0.717, 1.165) is 34.6 Å². The Morgan fingerprint density at radius 3 is 2.77 bits per heavy atom. The average Bonchev–Trinajstić information content (AvgIpc) is 2.96. The molecule has 0 atom stereocenters. The first-order valence-electron chi connectivity index (χ1n) is 7.51. The Hall–Kier alpha value is -2.49. The first-order chi connectivity index (χ1) is 10.7. The zero-order valence-corrected chi connectivity index (χ0v) is 13.2. The molecule has 1 aromatic heterocycles. The molecule has 0 aliphatic heterocycles. The van der Waals surface area contributed by atoms with Crippen LogP contribution in [0.5, 0.6) is 5.75 Å². The van der Waals surface area contributed by atoms with Gasteiger partial charge >= 0.3 is 0 Å². The minimum absolute atomic E-state index is 0.414. The molecule has 1 N–H and O–H groups in total. The standard InChI is InChI=1S/C18H21N3O/c1-13(2)21-12-20-16-10-15(8-9-17(16)21)19-11-14-6-4-5-7-18(14)22-3/h4-10,12-13,19H,11H2,1-3H3. The summed E-state index contributed by atoms with van der Waals surface area (Å²) in [5, 5.41) is 3.44. The molecule has 0 saturated carbocycles. The Bertz CT molecular complexity index is 777. The Kier molecular flexibility index (Phi) is 4.00. The summed E-state index contributed by atoms with van der Waals surface area (Å²) in [7, 11) is 1.70. The number of methoxy groups -OCH3 is 1. The van der Waals surface area contributed by atoms with Crippen LogP contribution in [0.1, 0.15) is 25.5 Å². The molecule has 0 amide bonds. The third-order valence-electron chi connectivity index (χ3n) is 3.81. The molecule has 22 heavy (non-hydrogen) atoms. The molecule has 4 nitrogen and oxygen atoms in total. The van der Waals surface area contributed by atoms with Crippen LogP contribution in [-0.4, -0.2) is 16.7 Å². The molecule has 1 heterocycles. The highest BCUT2D eigenvalue weighted by Crippen LogP contribution is 2.23. The fourth-order valence-corrected chi connectivity index (χ4v) is 2.60. The van der Waals surface area contributed by atoms with E-state index in [1.54, 1.807) is 7.11 Å². The van der Waals surface area contributed by atoms with Crippen LogP contribution >= 0.6 is 0 Å². The maximum absolute atomic E-state index is 5.38.